The van der Waals surface area contributed by atoms with E-state index in [2.05, 4.69) is 17.0 Å². The number of aromatic nitrogens is 1. The van der Waals surface area contributed by atoms with Crippen molar-refractivity contribution in [1.29, 1.82) is 5.26 Å². The quantitative estimate of drug-likeness (QED) is 0.611. The molecule has 170 valence electrons. The molecule has 2 amide bonds. The first-order chi connectivity index (χ1) is 15.7. The Morgan fingerprint density at radius 1 is 1.30 bits per heavy atom. The summed E-state index contributed by atoms with van der Waals surface area (Å²) in [5.74, 6) is -0.349. The van der Waals surface area contributed by atoms with Crippen LogP contribution in [0.25, 0.3) is 0 Å². The predicted octanol–water partition coefficient (Wildman–Crippen LogP) is 3.99. The monoisotopic (exact) mass is 489 g/mol. The van der Waals surface area contributed by atoms with Crippen molar-refractivity contribution >= 4 is 46.6 Å². The highest BCUT2D eigenvalue weighted by Crippen LogP contribution is 2.40. The Labute approximate surface area is 198 Å². The second kappa shape index (κ2) is 9.77. The number of hydrogen-bond donors (Lipinski definition) is 1. The van der Waals surface area contributed by atoms with Crippen LogP contribution in [-0.4, -0.2) is 28.9 Å². The molecular weight excluding hydrogens is 473 g/mol. The lowest BCUT2D eigenvalue weighted by Crippen LogP contribution is -2.42. The van der Waals surface area contributed by atoms with Gasteiger partial charge in [0.05, 0.1) is 34.2 Å². The molecule has 3 rings (SSSR count). The number of hydrogen-bond acceptors (Lipinski definition) is 7. The van der Waals surface area contributed by atoms with E-state index in [1.54, 1.807) is 6.92 Å². The number of nitrogens with one attached hydrogen (secondary N) is 1. The molecule has 1 aliphatic rings. The van der Waals surface area contributed by atoms with Crippen LogP contribution in [0.2, 0.25) is 10.0 Å². The van der Waals surface area contributed by atoms with E-state index < -0.39 is 23.6 Å². The van der Waals surface area contributed by atoms with E-state index in [-0.39, 0.29) is 45.2 Å². The molecule has 1 aromatic carbocycles. The summed E-state index contributed by atoms with van der Waals surface area (Å²) >= 11 is 12.7. The highest BCUT2D eigenvalue weighted by Gasteiger charge is 2.26. The molecule has 2 heterocycles. The molecule has 0 saturated heterocycles. The standard InChI is InChI=1S/C21H17Cl2N5O5/c1-4-32-20(30)12(3)27-10-14(5-6-18(27)29)33-19-15(22)7-13(8-16(19)23)28-21(31)25-11(2)17(9-24)26-28/h5-8,10,12H,2,4H2,1,3H3,(H,25,31). The van der Waals surface area contributed by atoms with E-state index in [0.29, 0.717) is 0 Å². The Kier molecular flexibility index (Phi) is 7.06. The Morgan fingerprint density at radius 3 is 2.58 bits per heavy atom. The smallest absolute Gasteiger partial charge is 0.347 e. The molecule has 33 heavy (non-hydrogen) atoms. The molecule has 12 heteroatoms. The number of amides is 2. The molecule has 10 nitrogen and oxygen atoms in total. The summed E-state index contributed by atoms with van der Waals surface area (Å²) in [6, 6.07) is 5.65. The predicted molar refractivity (Wildman–Crippen MR) is 122 cm³/mol. The van der Waals surface area contributed by atoms with Crippen LogP contribution in [0.5, 0.6) is 11.5 Å². The van der Waals surface area contributed by atoms with Crippen LogP contribution in [0, 0.1) is 11.3 Å². The van der Waals surface area contributed by atoms with Gasteiger partial charge in [-0.1, -0.05) is 29.8 Å². The van der Waals surface area contributed by atoms with Crippen molar-refractivity contribution in [3.05, 3.63) is 63.1 Å². The lowest BCUT2D eigenvalue weighted by atomic mass is 10.2. The lowest BCUT2D eigenvalue weighted by molar-refractivity contribution is -0.146. The van der Waals surface area contributed by atoms with Crippen LogP contribution in [0.3, 0.4) is 0 Å². The molecule has 1 unspecified atom stereocenters. The van der Waals surface area contributed by atoms with E-state index in [1.165, 1.54) is 37.4 Å². The summed E-state index contributed by atoms with van der Waals surface area (Å²) in [5.41, 5.74) is -0.265. The van der Waals surface area contributed by atoms with Gasteiger partial charge in [0.25, 0.3) is 5.56 Å². The van der Waals surface area contributed by atoms with Crippen molar-refractivity contribution in [2.24, 2.45) is 5.10 Å². The van der Waals surface area contributed by atoms with Gasteiger partial charge in [0.15, 0.2) is 11.5 Å². The number of rotatable bonds is 6. The third-order valence-electron chi connectivity index (χ3n) is 4.45. The van der Waals surface area contributed by atoms with Gasteiger partial charge in [-0.05, 0) is 32.0 Å². The van der Waals surface area contributed by atoms with Crippen molar-refractivity contribution < 1.29 is 19.1 Å². The third-order valence-corrected chi connectivity index (χ3v) is 5.01. The van der Waals surface area contributed by atoms with Gasteiger partial charge in [0, 0.05) is 6.07 Å². The molecule has 0 spiro atoms. The molecule has 0 fully saturated rings. The molecule has 1 aromatic heterocycles. The summed E-state index contributed by atoms with van der Waals surface area (Å²) in [4.78, 5) is 36.5. The molecule has 1 N–H and O–H groups in total. The molecule has 0 radical (unpaired) electrons. The topological polar surface area (TPSA) is 126 Å². The fourth-order valence-electron chi connectivity index (χ4n) is 2.82. The number of nitriles is 1. The minimum Gasteiger partial charge on any atom is -0.464 e. The first-order valence-corrected chi connectivity index (χ1v) is 10.3. The summed E-state index contributed by atoms with van der Waals surface area (Å²) in [6.45, 7) is 6.91. The van der Waals surface area contributed by atoms with Crippen LogP contribution in [-0.2, 0) is 9.53 Å². The number of urea groups is 1. The second-order valence-electron chi connectivity index (χ2n) is 6.66. The van der Waals surface area contributed by atoms with Crippen molar-refractivity contribution in [3.63, 3.8) is 0 Å². The van der Waals surface area contributed by atoms with E-state index in [1.807, 2.05) is 6.07 Å². The molecule has 0 saturated carbocycles. The fraction of sp³-hybridized carbons (Fsp3) is 0.190. The molecular formula is C21H17Cl2N5O5. The number of ether oxygens (including phenoxy) is 2. The average molecular weight is 490 g/mol. The maximum absolute atomic E-state index is 12.2. The van der Waals surface area contributed by atoms with Crippen molar-refractivity contribution in [3.8, 4) is 17.6 Å². The van der Waals surface area contributed by atoms with Gasteiger partial charge in [0.2, 0.25) is 0 Å². The number of halogens is 2. The van der Waals surface area contributed by atoms with Gasteiger partial charge in [-0.2, -0.15) is 15.4 Å². The minimum atomic E-state index is -0.881. The first-order valence-electron chi connectivity index (χ1n) is 9.51. The first kappa shape index (κ1) is 23.8. The van der Waals surface area contributed by atoms with Crippen molar-refractivity contribution in [2.45, 2.75) is 19.9 Å². The van der Waals surface area contributed by atoms with E-state index in [9.17, 15) is 14.4 Å². The van der Waals surface area contributed by atoms with Crippen LogP contribution in [0.15, 0.2) is 52.6 Å². The highest BCUT2D eigenvalue weighted by molar-refractivity contribution is 6.37. The number of hydrazone groups is 1. The fourth-order valence-corrected chi connectivity index (χ4v) is 3.37. The summed E-state index contributed by atoms with van der Waals surface area (Å²) in [5, 5.41) is 16.4. The molecule has 0 bridgehead atoms. The van der Waals surface area contributed by atoms with Gasteiger partial charge < -0.3 is 14.8 Å². The zero-order chi connectivity index (χ0) is 24.3. The molecule has 2 aromatic rings. The molecule has 1 aliphatic heterocycles. The number of benzene rings is 1. The van der Waals surface area contributed by atoms with Gasteiger partial charge in [-0.3, -0.25) is 9.36 Å². The summed E-state index contributed by atoms with van der Waals surface area (Å²) in [6.07, 6.45) is 1.33. The SMILES string of the molecule is C=C1NC(=O)N(c2cc(Cl)c(Oc3ccc(=O)n(C(C)C(=O)OCC)c3)c(Cl)c2)N=C1C#N. The largest absolute Gasteiger partial charge is 0.464 e. The number of esters is 1. The number of anilines is 1. The zero-order valence-electron chi connectivity index (χ0n) is 17.5. The van der Waals surface area contributed by atoms with Crippen LogP contribution < -0.4 is 20.6 Å². The Bertz CT molecular complexity index is 1260. The third kappa shape index (κ3) is 5.00. The zero-order valence-corrected chi connectivity index (χ0v) is 19.0. The number of nitrogens with zero attached hydrogens (tertiary/aromatic N) is 4. The van der Waals surface area contributed by atoms with Gasteiger partial charge in [0.1, 0.15) is 17.9 Å². The van der Waals surface area contributed by atoms with Crippen LogP contribution in [0.1, 0.15) is 19.9 Å². The van der Waals surface area contributed by atoms with Crippen LogP contribution >= 0.6 is 23.2 Å². The molecule has 1 atom stereocenters. The van der Waals surface area contributed by atoms with E-state index in [0.717, 1.165) is 9.58 Å². The highest BCUT2D eigenvalue weighted by atomic mass is 35.5. The van der Waals surface area contributed by atoms with Gasteiger partial charge >= 0.3 is 12.0 Å². The van der Waals surface area contributed by atoms with Crippen molar-refractivity contribution in [2.75, 3.05) is 11.6 Å². The number of carbonyl (C=O) groups excluding carboxylic acids is 2. The van der Waals surface area contributed by atoms with Crippen LogP contribution in [0.4, 0.5) is 10.5 Å². The summed E-state index contributed by atoms with van der Waals surface area (Å²) < 4.78 is 11.9. The van der Waals surface area contributed by atoms with Gasteiger partial charge in [-0.15, -0.1) is 0 Å². The van der Waals surface area contributed by atoms with E-state index in [4.69, 9.17) is 37.9 Å². The minimum absolute atomic E-state index is 0.0274. The maximum Gasteiger partial charge on any atom is 0.347 e. The van der Waals surface area contributed by atoms with Gasteiger partial charge in [-0.25, -0.2) is 9.59 Å². The second-order valence-corrected chi connectivity index (χ2v) is 7.47. The number of carbonyl (C=O) groups is 2. The van der Waals surface area contributed by atoms with E-state index >= 15 is 0 Å². The Hall–Kier alpha value is -3.81. The normalized spacial score (nSPS) is 14.2. The molecule has 0 aliphatic carbocycles. The Morgan fingerprint density at radius 2 is 1.97 bits per heavy atom. The summed E-state index contributed by atoms with van der Waals surface area (Å²) in [7, 11) is 0. The number of allylic oxidation sites excluding steroid dienone is 1. The lowest BCUT2D eigenvalue weighted by Gasteiger charge is -2.24. The average Bonchev–Trinajstić information content (AvgIpc) is 2.77. The van der Waals surface area contributed by atoms with Crippen molar-refractivity contribution in [1.82, 2.24) is 9.88 Å². The maximum atomic E-state index is 12.2. The Balaban J connectivity index is 1.93. The number of pyridine rings is 1.